The molecule has 1 unspecified atom stereocenters. The number of pyridine rings is 1. The fourth-order valence-corrected chi connectivity index (χ4v) is 7.79. The van der Waals surface area contributed by atoms with Crippen molar-refractivity contribution in [3.63, 3.8) is 0 Å². The van der Waals surface area contributed by atoms with Crippen molar-refractivity contribution in [2.45, 2.75) is 58.3 Å². The van der Waals surface area contributed by atoms with E-state index in [1.165, 1.54) is 33.4 Å². The van der Waals surface area contributed by atoms with E-state index in [2.05, 4.69) is 191 Å². The molecular weight excluding hydrogens is 866 g/mol. The number of hydrogen-bond donors (Lipinski definition) is 0. The van der Waals surface area contributed by atoms with Crippen molar-refractivity contribution < 1.29 is 25.8 Å². The molecule has 56 heavy (non-hydrogen) atoms. The maximum absolute atomic E-state index is 6.62. The van der Waals surface area contributed by atoms with Crippen LogP contribution in [0.1, 0.15) is 75.4 Å². The average molecular weight is 910 g/mol. The maximum Gasteiger partial charge on any atom is 0.0504 e. The Kier molecular flexibility index (Phi) is 9.75. The van der Waals surface area contributed by atoms with E-state index in [0.29, 0.717) is 11.5 Å². The number of nitrogens with zero attached hydrogens (tertiary/aromatic N) is 3. The van der Waals surface area contributed by atoms with Crippen molar-refractivity contribution in [2.24, 2.45) is 0 Å². The fourth-order valence-electron chi connectivity index (χ4n) is 7.79. The Hall–Kier alpha value is -5.44. The predicted octanol–water partition coefficient (Wildman–Crippen LogP) is 13.3. The first-order valence-corrected chi connectivity index (χ1v) is 19.1. The molecule has 0 saturated carbocycles. The number of benzene rings is 6. The number of ether oxygens (including phenoxy) is 1. The Morgan fingerprint density at radius 1 is 0.589 bits per heavy atom. The summed E-state index contributed by atoms with van der Waals surface area (Å²) in [6, 6.07) is 56.6. The molecule has 7 aromatic rings. The van der Waals surface area contributed by atoms with Crippen LogP contribution in [-0.2, 0) is 31.9 Å². The first-order valence-electron chi connectivity index (χ1n) is 19.1. The van der Waals surface area contributed by atoms with Gasteiger partial charge in [0.25, 0.3) is 0 Å². The first-order chi connectivity index (χ1) is 26.5. The van der Waals surface area contributed by atoms with Gasteiger partial charge in [0.1, 0.15) is 0 Å². The van der Waals surface area contributed by atoms with Crippen LogP contribution in [-0.4, -0.2) is 4.98 Å². The van der Waals surface area contributed by atoms with Gasteiger partial charge in [0, 0.05) is 61.7 Å². The number of rotatable bonds is 6. The second-order valence-corrected chi connectivity index (χ2v) is 16.6. The van der Waals surface area contributed by atoms with E-state index in [9.17, 15) is 0 Å². The molecule has 282 valence electrons. The van der Waals surface area contributed by atoms with Crippen LogP contribution in [0, 0.1) is 18.8 Å². The van der Waals surface area contributed by atoms with Crippen molar-refractivity contribution in [1.29, 1.82) is 0 Å². The largest absolute Gasteiger partial charge is 0.509 e. The Labute approximate surface area is 346 Å². The van der Waals surface area contributed by atoms with Gasteiger partial charge in [-0.05, 0) is 75.0 Å². The molecule has 0 spiro atoms. The molecule has 9 rings (SSSR count). The smallest absolute Gasteiger partial charge is 0.0504 e. The number of fused-ring (bicyclic) bond motifs is 4. The monoisotopic (exact) mass is 909 g/mol. The molecule has 0 N–H and O–H groups in total. The number of aromatic nitrogens is 1. The number of para-hydroxylation sites is 2. The summed E-state index contributed by atoms with van der Waals surface area (Å²) in [6.07, 6.45) is 1.95. The van der Waals surface area contributed by atoms with Crippen LogP contribution in [0.4, 0.5) is 22.7 Å². The van der Waals surface area contributed by atoms with Crippen molar-refractivity contribution in [2.75, 3.05) is 9.80 Å². The average Bonchev–Trinajstić information content (AvgIpc) is 3.74. The van der Waals surface area contributed by atoms with Crippen LogP contribution < -0.4 is 14.5 Å². The molecule has 1 aliphatic heterocycles. The Morgan fingerprint density at radius 2 is 1.29 bits per heavy atom. The molecule has 1 aromatic heterocycles. The van der Waals surface area contributed by atoms with Crippen LogP contribution in [0.5, 0.6) is 11.5 Å². The van der Waals surface area contributed by atoms with Crippen molar-refractivity contribution in [3.8, 4) is 33.8 Å². The first kappa shape index (κ1) is 37.5. The van der Waals surface area contributed by atoms with Gasteiger partial charge in [-0.15, -0.1) is 53.8 Å². The molecule has 0 saturated heterocycles. The number of hydrogen-bond acceptors (Lipinski definition) is 4. The summed E-state index contributed by atoms with van der Waals surface area (Å²) in [7, 11) is 0. The minimum atomic E-state index is -0.0746. The predicted molar refractivity (Wildman–Crippen MR) is 226 cm³/mol. The number of anilines is 4. The van der Waals surface area contributed by atoms with E-state index >= 15 is 0 Å². The van der Waals surface area contributed by atoms with Gasteiger partial charge in [-0.3, -0.25) is 4.98 Å². The molecule has 1 atom stereocenters. The third-order valence-corrected chi connectivity index (χ3v) is 10.8. The molecule has 6 aromatic carbocycles. The summed E-state index contributed by atoms with van der Waals surface area (Å²) in [4.78, 5) is 9.40. The molecule has 4 nitrogen and oxygen atoms in total. The van der Waals surface area contributed by atoms with E-state index in [4.69, 9.17) is 9.72 Å². The van der Waals surface area contributed by atoms with E-state index in [1.807, 2.05) is 24.4 Å². The van der Waals surface area contributed by atoms with E-state index in [0.717, 1.165) is 39.6 Å². The third-order valence-electron chi connectivity index (χ3n) is 10.8. The topological polar surface area (TPSA) is 28.6 Å². The zero-order valence-corrected chi connectivity index (χ0v) is 34.8. The Morgan fingerprint density at radius 3 is 2.05 bits per heavy atom. The van der Waals surface area contributed by atoms with Crippen LogP contribution in [0.3, 0.4) is 0 Å². The standard InChI is InChI=1S/C51H44N3O.Pt/c1-50(2,3)36-16-12-17-38(29-36)53-33-54(48-21-11-10-20-47(48)53)39-18-13-19-40(31-39)55-41-23-25-42-44-28-35(34-14-8-7-9-15-34)22-24-43(44)49(45(42)32-41)46-30-37(26-27-52-46)51(4,5)6;/h7-30,33,49H,1-6H3;/q-3;. The molecule has 2 heterocycles. The minimum Gasteiger partial charge on any atom is -0.509 e. The summed E-state index contributed by atoms with van der Waals surface area (Å²) in [5.74, 6) is 1.19. The molecular formula is C51H44N3OPt-3. The van der Waals surface area contributed by atoms with Crippen LogP contribution in [0.25, 0.3) is 22.3 Å². The van der Waals surface area contributed by atoms with Gasteiger partial charge in [-0.1, -0.05) is 120 Å². The fraction of sp³-hybridized carbons (Fsp3) is 0.176. The van der Waals surface area contributed by atoms with E-state index in [1.54, 1.807) is 0 Å². The van der Waals surface area contributed by atoms with Gasteiger partial charge in [-0.25, -0.2) is 0 Å². The van der Waals surface area contributed by atoms with Gasteiger partial charge < -0.3 is 14.5 Å². The van der Waals surface area contributed by atoms with Gasteiger partial charge in [0.05, 0.1) is 5.69 Å². The molecule has 0 fully saturated rings. The maximum atomic E-state index is 6.62. The molecule has 5 heteroatoms. The van der Waals surface area contributed by atoms with Gasteiger partial charge in [0.15, 0.2) is 0 Å². The summed E-state index contributed by atoms with van der Waals surface area (Å²) in [6.45, 7) is 15.6. The van der Waals surface area contributed by atoms with Gasteiger partial charge >= 0.3 is 0 Å². The minimum absolute atomic E-state index is 0. The molecule has 0 bridgehead atoms. The second kappa shape index (κ2) is 14.6. The van der Waals surface area contributed by atoms with Crippen molar-refractivity contribution in [1.82, 2.24) is 4.98 Å². The summed E-state index contributed by atoms with van der Waals surface area (Å²) in [5, 5.41) is 0. The van der Waals surface area contributed by atoms with Gasteiger partial charge in [0.2, 0.25) is 0 Å². The van der Waals surface area contributed by atoms with E-state index in [-0.39, 0.29) is 37.8 Å². The summed E-state index contributed by atoms with van der Waals surface area (Å²) in [5.41, 5.74) is 14.9. The third kappa shape index (κ3) is 6.97. The zero-order valence-electron chi connectivity index (χ0n) is 32.6. The normalized spacial score (nSPS) is 14.5. The Bertz CT molecular complexity index is 2550. The van der Waals surface area contributed by atoms with Crippen LogP contribution in [0.15, 0.2) is 146 Å². The summed E-state index contributed by atoms with van der Waals surface area (Å²) < 4.78 is 6.62. The molecule has 0 amide bonds. The molecule has 2 aliphatic rings. The Balaban J connectivity index is 0.00000441. The molecule has 0 radical (unpaired) electrons. The molecule has 1 aliphatic carbocycles. The SMILES string of the molecule is CC(C)(C)c1cccc(N2[CH-]N(c3[c-]c(Oc4[c-]c5c(cc4)-c4cc(-c6ccccc6)ccc4C5c4cc(C(C)(C)C)ccn4)ccc3)c3ccccc32)c1.[Pt]. The quantitative estimate of drug-likeness (QED) is 0.155. The zero-order chi connectivity index (χ0) is 37.9. The van der Waals surface area contributed by atoms with Crippen LogP contribution in [0.2, 0.25) is 0 Å². The van der Waals surface area contributed by atoms with Crippen LogP contribution >= 0.6 is 0 Å². The van der Waals surface area contributed by atoms with Crippen molar-refractivity contribution >= 4 is 22.7 Å². The van der Waals surface area contributed by atoms with Crippen molar-refractivity contribution in [3.05, 3.63) is 192 Å². The van der Waals surface area contributed by atoms with E-state index < -0.39 is 0 Å². The second-order valence-electron chi connectivity index (χ2n) is 16.6. The van der Waals surface area contributed by atoms with Gasteiger partial charge in [-0.2, -0.15) is 12.1 Å². The summed E-state index contributed by atoms with van der Waals surface area (Å²) >= 11 is 0.